The molecule has 10 nitrogen and oxygen atoms in total. The highest BCUT2D eigenvalue weighted by Gasteiger charge is 2.30. The van der Waals surface area contributed by atoms with E-state index in [-0.39, 0.29) is 22.8 Å². The van der Waals surface area contributed by atoms with E-state index in [4.69, 9.17) is 15.2 Å². The molecule has 0 aromatic heterocycles. The first-order valence-electron chi connectivity index (χ1n) is 10.2. The van der Waals surface area contributed by atoms with Crippen molar-refractivity contribution >= 4 is 27.9 Å². The lowest BCUT2D eigenvalue weighted by Crippen LogP contribution is -2.46. The van der Waals surface area contributed by atoms with Crippen molar-refractivity contribution in [1.82, 2.24) is 4.72 Å². The molecule has 1 amide bonds. The van der Waals surface area contributed by atoms with Crippen LogP contribution in [-0.4, -0.2) is 45.0 Å². The Morgan fingerprint density at radius 1 is 1.06 bits per heavy atom. The predicted octanol–water partition coefficient (Wildman–Crippen LogP) is 1.92. The molecule has 1 atom stereocenters. The zero-order valence-corrected chi connectivity index (χ0v) is 20.2. The Morgan fingerprint density at radius 3 is 2.26 bits per heavy atom. The largest absolute Gasteiger partial charge is 0.487 e. The van der Waals surface area contributed by atoms with Crippen molar-refractivity contribution < 1.29 is 37.0 Å². The number of amides is 1. The van der Waals surface area contributed by atoms with Gasteiger partial charge < -0.3 is 19.9 Å². The Hall–Kier alpha value is -3.44. The molecule has 0 saturated carbocycles. The van der Waals surface area contributed by atoms with E-state index in [1.165, 1.54) is 19.2 Å². The third kappa shape index (κ3) is 7.85. The summed E-state index contributed by atoms with van der Waals surface area (Å²) in [6.07, 6.45) is -0.605. The summed E-state index contributed by atoms with van der Waals surface area (Å²) in [7, 11) is -3.23. The first-order valence-corrected chi connectivity index (χ1v) is 11.7. The predicted molar refractivity (Wildman–Crippen MR) is 122 cm³/mol. The number of nitrogens with one attached hydrogen (secondary N) is 1. The molecule has 11 heteroatoms. The third-order valence-electron chi connectivity index (χ3n) is 4.32. The van der Waals surface area contributed by atoms with E-state index in [0.717, 1.165) is 11.6 Å². The maximum absolute atomic E-state index is 13.1. The molecule has 0 aliphatic rings. The van der Waals surface area contributed by atoms with Gasteiger partial charge in [0.2, 0.25) is 15.9 Å². The van der Waals surface area contributed by atoms with Crippen LogP contribution >= 0.6 is 0 Å². The van der Waals surface area contributed by atoms with Gasteiger partial charge in [0, 0.05) is 0 Å². The van der Waals surface area contributed by atoms with Gasteiger partial charge in [-0.2, -0.15) is 4.72 Å². The average molecular weight is 493 g/mol. The molecular formula is C23H28N2O8S. The first-order chi connectivity index (χ1) is 15.8. The number of sulfonamides is 1. The molecule has 0 spiro atoms. The van der Waals surface area contributed by atoms with Crippen molar-refractivity contribution in [2.24, 2.45) is 5.73 Å². The molecule has 34 heavy (non-hydrogen) atoms. The maximum Gasteiger partial charge on any atom is 0.337 e. The number of ether oxygens (including phenoxy) is 3. The van der Waals surface area contributed by atoms with Gasteiger partial charge in [-0.15, -0.1) is 0 Å². The number of hydrogen-bond donors (Lipinski definition) is 2. The minimum absolute atomic E-state index is 0.00510. The van der Waals surface area contributed by atoms with Gasteiger partial charge in [-0.25, -0.2) is 13.2 Å². The number of carbonyl (C=O) groups is 3. The summed E-state index contributed by atoms with van der Waals surface area (Å²) in [5.41, 5.74) is 5.30. The lowest BCUT2D eigenvalue weighted by atomic mass is 10.1. The van der Waals surface area contributed by atoms with E-state index in [9.17, 15) is 22.8 Å². The molecular weight excluding hydrogens is 464 g/mol. The van der Waals surface area contributed by atoms with Crippen molar-refractivity contribution in [1.29, 1.82) is 0 Å². The summed E-state index contributed by atoms with van der Waals surface area (Å²) >= 11 is 0. The fourth-order valence-corrected chi connectivity index (χ4v) is 4.15. The second kappa shape index (κ2) is 11.1. The van der Waals surface area contributed by atoms with Gasteiger partial charge in [-0.3, -0.25) is 9.59 Å². The number of rotatable bonds is 10. The van der Waals surface area contributed by atoms with Gasteiger partial charge in [-0.1, -0.05) is 30.3 Å². The Morgan fingerprint density at radius 2 is 1.71 bits per heavy atom. The molecule has 0 radical (unpaired) electrons. The van der Waals surface area contributed by atoms with E-state index in [2.05, 4.69) is 9.46 Å². The standard InChI is InChI=1S/C23H28N2O8S/c1-23(2,3)33-20(26)13-17(21(24)27)25-34(29,30)19-11-10-16(22(28)31-4)12-18(19)32-14-15-8-6-5-7-9-15/h5-12,17,25H,13-14H2,1-4H3,(H2,24,27)/t17-/m0/s1. The highest BCUT2D eigenvalue weighted by molar-refractivity contribution is 7.89. The molecule has 0 aliphatic carbocycles. The van der Waals surface area contributed by atoms with Crippen LogP contribution in [0.5, 0.6) is 5.75 Å². The average Bonchev–Trinajstić information content (AvgIpc) is 2.75. The van der Waals surface area contributed by atoms with Crippen molar-refractivity contribution in [3.8, 4) is 5.75 Å². The molecule has 2 aromatic rings. The van der Waals surface area contributed by atoms with Crippen LogP contribution in [0.4, 0.5) is 0 Å². The SMILES string of the molecule is COC(=O)c1ccc(S(=O)(=O)N[C@@H](CC(=O)OC(C)(C)C)C(N)=O)c(OCc2ccccc2)c1. The molecule has 0 unspecified atom stereocenters. The summed E-state index contributed by atoms with van der Waals surface area (Å²) in [5.74, 6) is -2.71. The fourth-order valence-electron chi connectivity index (χ4n) is 2.82. The second-order valence-electron chi connectivity index (χ2n) is 8.29. The molecule has 3 N–H and O–H groups in total. The van der Waals surface area contributed by atoms with Crippen LogP contribution in [-0.2, 0) is 35.7 Å². The van der Waals surface area contributed by atoms with E-state index in [0.29, 0.717) is 0 Å². The highest BCUT2D eigenvalue weighted by Crippen LogP contribution is 2.27. The quantitative estimate of drug-likeness (QED) is 0.477. The molecule has 2 aromatic carbocycles. The third-order valence-corrected chi connectivity index (χ3v) is 5.83. The summed E-state index contributed by atoms with van der Waals surface area (Å²) in [4.78, 5) is 35.6. The maximum atomic E-state index is 13.1. The minimum Gasteiger partial charge on any atom is -0.487 e. The van der Waals surface area contributed by atoms with Crippen LogP contribution in [0.15, 0.2) is 53.4 Å². The number of benzene rings is 2. The van der Waals surface area contributed by atoms with E-state index in [1.54, 1.807) is 45.0 Å². The summed E-state index contributed by atoms with van der Waals surface area (Å²) < 4.78 is 43.9. The van der Waals surface area contributed by atoms with Crippen LogP contribution in [0.25, 0.3) is 0 Å². The summed E-state index contributed by atoms with van der Waals surface area (Å²) in [6, 6.07) is 11.0. The Labute approximate surface area is 198 Å². The first kappa shape index (κ1) is 26.8. The van der Waals surface area contributed by atoms with Gasteiger partial charge in [0.25, 0.3) is 0 Å². The smallest absolute Gasteiger partial charge is 0.337 e. The Balaban J connectivity index is 2.36. The zero-order valence-electron chi connectivity index (χ0n) is 19.4. The molecule has 0 saturated heterocycles. The van der Waals surface area contributed by atoms with E-state index in [1.807, 2.05) is 6.07 Å². The number of methoxy groups -OCH3 is 1. The molecule has 0 heterocycles. The fraction of sp³-hybridized carbons (Fsp3) is 0.348. The van der Waals surface area contributed by atoms with Crippen molar-refractivity contribution in [2.45, 2.75) is 50.3 Å². The van der Waals surface area contributed by atoms with Crippen molar-refractivity contribution in [2.75, 3.05) is 7.11 Å². The van der Waals surface area contributed by atoms with Gasteiger partial charge >= 0.3 is 11.9 Å². The van der Waals surface area contributed by atoms with Gasteiger partial charge in [0.15, 0.2) is 0 Å². The molecule has 184 valence electrons. The molecule has 2 rings (SSSR count). The number of hydrogen-bond acceptors (Lipinski definition) is 8. The minimum atomic E-state index is -4.41. The van der Waals surface area contributed by atoms with Crippen LogP contribution in [0.3, 0.4) is 0 Å². The Kier molecular flexibility index (Phi) is 8.77. The summed E-state index contributed by atoms with van der Waals surface area (Å²) in [5, 5.41) is 0. The number of nitrogens with two attached hydrogens (primary N) is 1. The molecule has 0 aliphatic heterocycles. The lowest BCUT2D eigenvalue weighted by Gasteiger charge is -2.22. The number of esters is 2. The monoisotopic (exact) mass is 492 g/mol. The Bertz CT molecular complexity index is 1140. The number of primary amides is 1. The van der Waals surface area contributed by atoms with Crippen LogP contribution in [0.1, 0.15) is 43.1 Å². The van der Waals surface area contributed by atoms with Gasteiger partial charge in [0.1, 0.15) is 28.9 Å². The lowest BCUT2D eigenvalue weighted by molar-refractivity contribution is -0.156. The van der Waals surface area contributed by atoms with Gasteiger partial charge in [-0.05, 0) is 44.5 Å². The topological polar surface area (TPSA) is 151 Å². The molecule has 0 bridgehead atoms. The van der Waals surface area contributed by atoms with Crippen LogP contribution in [0.2, 0.25) is 0 Å². The summed E-state index contributed by atoms with van der Waals surface area (Å²) in [6.45, 7) is 4.90. The normalized spacial score (nSPS) is 12.5. The molecule has 0 fully saturated rings. The van der Waals surface area contributed by atoms with Crippen molar-refractivity contribution in [3.05, 3.63) is 59.7 Å². The van der Waals surface area contributed by atoms with E-state index >= 15 is 0 Å². The van der Waals surface area contributed by atoms with Crippen LogP contribution in [0, 0.1) is 0 Å². The highest BCUT2D eigenvalue weighted by atomic mass is 32.2. The van der Waals surface area contributed by atoms with E-state index < -0.39 is 45.9 Å². The number of carbonyl (C=O) groups excluding carboxylic acids is 3. The second-order valence-corrected chi connectivity index (χ2v) is 9.98. The van der Waals surface area contributed by atoms with Crippen LogP contribution < -0.4 is 15.2 Å². The van der Waals surface area contributed by atoms with Crippen molar-refractivity contribution in [3.63, 3.8) is 0 Å². The van der Waals surface area contributed by atoms with Gasteiger partial charge in [0.05, 0.1) is 19.1 Å². The zero-order chi connectivity index (χ0) is 25.5.